The summed E-state index contributed by atoms with van der Waals surface area (Å²) in [5.41, 5.74) is 4.48. The molecule has 4 atom stereocenters. The molecule has 0 radical (unpaired) electrons. The number of hydrogen-bond donors (Lipinski definition) is 8. The Balaban J connectivity index is 1.69. The van der Waals surface area contributed by atoms with E-state index >= 15 is 0 Å². The van der Waals surface area contributed by atoms with Crippen molar-refractivity contribution in [3.63, 3.8) is 0 Å². The van der Waals surface area contributed by atoms with Crippen LogP contribution in [0, 0.1) is 0 Å². The summed E-state index contributed by atoms with van der Waals surface area (Å²) < 4.78 is 66.4. The normalized spacial score (nSPS) is 19.0. The Morgan fingerprint density at radius 2 is 1.40 bits per heavy atom. The van der Waals surface area contributed by atoms with Gasteiger partial charge in [-0.2, -0.15) is 21.4 Å². The Morgan fingerprint density at radius 1 is 0.810 bits per heavy atom. The van der Waals surface area contributed by atoms with Gasteiger partial charge in [0.2, 0.25) is 5.69 Å². The number of Topliss-reactive ketones (excluding diaryl/α,β-unsaturated/α-hetero) is 1. The van der Waals surface area contributed by atoms with Gasteiger partial charge in [0.1, 0.15) is 24.9 Å². The molecule has 0 spiro atoms. The number of benzene rings is 2. The molecule has 2 aromatic rings. The highest BCUT2D eigenvalue weighted by atomic mass is 32.2. The van der Waals surface area contributed by atoms with Gasteiger partial charge < -0.3 is 35.7 Å². The molecule has 0 aromatic heterocycles. The Kier molecular flexibility index (Phi) is 15.0. The summed E-state index contributed by atoms with van der Waals surface area (Å²) in [7, 11) is -8.30. The third kappa shape index (κ3) is 11.0. The van der Waals surface area contributed by atoms with E-state index in [4.69, 9.17) is 5.11 Å². The lowest BCUT2D eigenvalue weighted by Gasteiger charge is -2.27. The summed E-state index contributed by atoms with van der Waals surface area (Å²) in [5, 5.41) is 51.6. The van der Waals surface area contributed by atoms with Gasteiger partial charge in [0, 0.05) is 65.1 Å². The summed E-state index contributed by atoms with van der Waals surface area (Å²) in [4.78, 5) is 27.7. The molecule has 2 aliphatic rings. The van der Waals surface area contributed by atoms with Crippen molar-refractivity contribution in [1.29, 1.82) is 0 Å². The van der Waals surface area contributed by atoms with Gasteiger partial charge in [0.05, 0.1) is 29.6 Å². The van der Waals surface area contributed by atoms with Crippen LogP contribution in [0.2, 0.25) is 0 Å². The van der Waals surface area contributed by atoms with E-state index in [1.807, 2.05) is 62.6 Å². The number of carbonyl (C=O) groups excluding carboxylic acids is 2. The van der Waals surface area contributed by atoms with Crippen molar-refractivity contribution < 1.29 is 65.6 Å². The molecule has 2 heterocycles. The first-order valence-electron chi connectivity index (χ1n) is 19.0. The van der Waals surface area contributed by atoms with Crippen LogP contribution in [0.4, 0.5) is 11.4 Å². The Bertz CT molecular complexity index is 2180. The summed E-state index contributed by atoms with van der Waals surface area (Å²) >= 11 is 0. The number of aliphatic hydroxyl groups excluding tert-OH is 5. The quantitative estimate of drug-likeness (QED) is 0.0411. The molecule has 16 nitrogen and oxygen atoms in total. The fraction of sp³-hybridized carbons (Fsp3) is 0.525. The summed E-state index contributed by atoms with van der Waals surface area (Å²) in [5.74, 6) is -1.46. The number of allylic oxidation sites excluding steroid dienone is 4. The fourth-order valence-electron chi connectivity index (χ4n) is 7.52. The minimum absolute atomic E-state index is 0.0846. The van der Waals surface area contributed by atoms with Crippen LogP contribution in [-0.4, -0.2) is 136 Å². The topological polar surface area (TPSA) is 262 Å². The van der Waals surface area contributed by atoms with Crippen molar-refractivity contribution in [2.45, 2.75) is 95.5 Å². The van der Waals surface area contributed by atoms with Crippen molar-refractivity contribution >= 4 is 49.0 Å². The molecular formula is C40H56N3O13S2+. The number of unbranched alkanes of at least 4 members (excludes halogenated alkanes) is 2. The van der Waals surface area contributed by atoms with E-state index in [1.54, 1.807) is 24.3 Å². The SMILES string of the molecule is CC(=O)c1ccc2c(c1)C(C)(C)/C(=C\C=C\C1=[N+](CCCCS(=O)(=O)O)c3ccc(C(=O)NCC(O)C(O)C(O)C(O)CO)cc3C1(C)C)N2CCCCS(=O)(=O)O. The lowest BCUT2D eigenvalue weighted by molar-refractivity contribution is -0.438. The van der Waals surface area contributed by atoms with E-state index in [2.05, 4.69) is 10.2 Å². The highest BCUT2D eigenvalue weighted by Gasteiger charge is 2.45. The number of nitrogens with one attached hydrogen (secondary N) is 1. The van der Waals surface area contributed by atoms with Crippen LogP contribution in [0.5, 0.6) is 0 Å². The summed E-state index contributed by atoms with van der Waals surface area (Å²) in [6, 6.07) is 10.5. The van der Waals surface area contributed by atoms with Crippen molar-refractivity contribution in [3.05, 3.63) is 82.6 Å². The second-order valence-corrected chi connectivity index (χ2v) is 19.0. The van der Waals surface area contributed by atoms with Gasteiger partial charge in [-0.25, -0.2) is 0 Å². The minimum Gasteiger partial charge on any atom is -0.394 e. The maximum atomic E-state index is 13.3. The molecule has 0 saturated carbocycles. The smallest absolute Gasteiger partial charge is 0.264 e. The lowest BCUT2D eigenvalue weighted by atomic mass is 9.80. The average molecular weight is 851 g/mol. The Morgan fingerprint density at radius 3 is 2.00 bits per heavy atom. The highest BCUT2D eigenvalue weighted by Crippen LogP contribution is 2.48. The van der Waals surface area contributed by atoms with Crippen molar-refractivity contribution in [1.82, 2.24) is 5.32 Å². The van der Waals surface area contributed by atoms with Gasteiger partial charge >= 0.3 is 0 Å². The van der Waals surface area contributed by atoms with E-state index in [1.165, 1.54) is 6.92 Å². The monoisotopic (exact) mass is 850 g/mol. The predicted octanol–water partition coefficient (Wildman–Crippen LogP) is 2.01. The Labute approximate surface area is 339 Å². The van der Waals surface area contributed by atoms with Crippen LogP contribution in [-0.2, 0) is 31.1 Å². The molecule has 0 fully saturated rings. The highest BCUT2D eigenvalue weighted by molar-refractivity contribution is 7.86. The molecule has 58 heavy (non-hydrogen) atoms. The first kappa shape index (κ1) is 46.8. The van der Waals surface area contributed by atoms with Crippen molar-refractivity contribution in [3.8, 4) is 0 Å². The largest absolute Gasteiger partial charge is 0.394 e. The number of fused-ring (bicyclic) bond motifs is 2. The molecule has 4 unspecified atom stereocenters. The molecule has 2 aliphatic heterocycles. The zero-order valence-corrected chi connectivity index (χ0v) is 35.0. The molecule has 2 aromatic carbocycles. The van der Waals surface area contributed by atoms with E-state index in [0.717, 1.165) is 33.9 Å². The third-order valence-corrected chi connectivity index (χ3v) is 12.4. The van der Waals surface area contributed by atoms with Gasteiger partial charge in [0.15, 0.2) is 11.5 Å². The molecule has 0 saturated heterocycles. The molecule has 320 valence electrons. The zero-order valence-electron chi connectivity index (χ0n) is 33.4. The number of aliphatic hydroxyl groups is 5. The van der Waals surface area contributed by atoms with Crippen molar-refractivity contribution in [2.24, 2.45) is 0 Å². The molecule has 1 amide bonds. The number of amides is 1. The number of nitrogens with zero attached hydrogens (tertiary/aromatic N) is 2. The van der Waals surface area contributed by atoms with Crippen LogP contribution in [0.15, 0.2) is 60.3 Å². The van der Waals surface area contributed by atoms with E-state index in [9.17, 15) is 56.0 Å². The fourth-order valence-corrected chi connectivity index (χ4v) is 8.65. The molecule has 18 heteroatoms. The molecule has 8 N–H and O–H groups in total. The number of hydrogen-bond acceptors (Lipinski definition) is 12. The second-order valence-electron chi connectivity index (χ2n) is 15.9. The van der Waals surface area contributed by atoms with E-state index < -0.39 is 80.3 Å². The van der Waals surface area contributed by atoms with E-state index in [0.29, 0.717) is 31.5 Å². The number of carbonyl (C=O) groups is 2. The number of rotatable bonds is 20. The van der Waals surface area contributed by atoms with Crippen LogP contribution >= 0.6 is 0 Å². The molecule has 0 aliphatic carbocycles. The van der Waals surface area contributed by atoms with Gasteiger partial charge in [0.25, 0.3) is 26.1 Å². The lowest BCUT2D eigenvalue weighted by Crippen LogP contribution is -2.49. The van der Waals surface area contributed by atoms with Gasteiger partial charge in [-0.15, -0.1) is 0 Å². The first-order valence-corrected chi connectivity index (χ1v) is 22.3. The van der Waals surface area contributed by atoms with Crippen molar-refractivity contribution in [2.75, 3.05) is 42.6 Å². The van der Waals surface area contributed by atoms with Crippen LogP contribution in [0.25, 0.3) is 0 Å². The molecule has 4 rings (SSSR count). The van der Waals surface area contributed by atoms with E-state index in [-0.39, 0.29) is 29.9 Å². The maximum Gasteiger partial charge on any atom is 0.264 e. The average Bonchev–Trinajstić information content (AvgIpc) is 3.49. The number of ketones is 1. The first-order chi connectivity index (χ1) is 26.9. The summed E-state index contributed by atoms with van der Waals surface area (Å²) in [6.45, 7) is 8.97. The summed E-state index contributed by atoms with van der Waals surface area (Å²) in [6.07, 6.45) is -0.0355. The minimum atomic E-state index is -4.17. The zero-order chi connectivity index (χ0) is 43.4. The maximum absolute atomic E-state index is 13.3. The predicted molar refractivity (Wildman–Crippen MR) is 218 cm³/mol. The van der Waals surface area contributed by atoms with Crippen LogP contribution < -0.4 is 10.2 Å². The molecular weight excluding hydrogens is 795 g/mol. The molecule has 0 bridgehead atoms. The number of anilines is 1. The van der Waals surface area contributed by atoms with Crippen LogP contribution in [0.1, 0.15) is 92.1 Å². The van der Waals surface area contributed by atoms with Crippen LogP contribution in [0.3, 0.4) is 0 Å². The second kappa shape index (κ2) is 18.6. The van der Waals surface area contributed by atoms with Gasteiger partial charge in [-0.05, 0) is 82.0 Å². The van der Waals surface area contributed by atoms with Gasteiger partial charge in [-0.3, -0.25) is 18.7 Å². The van der Waals surface area contributed by atoms with Gasteiger partial charge in [-0.1, -0.05) is 19.9 Å². The third-order valence-electron chi connectivity index (χ3n) is 10.8. The standard InChI is InChI=1S/C40H55N3O13S2/c1-25(45)26-13-15-30-28(21-26)39(2,3)34(42(30)17-6-8-19-57(51,52)53)11-10-12-35-40(4,5)29-22-27(14-16-31(29)43(35)18-7-9-20-58(54,55)56)38(50)41-23-32(46)36(48)37(49)33(47)24-44/h10-16,21-22,32-33,36-37,44,46-49H,6-9,17-20,23-24H2,1-5H3,(H2-,41,50,51,52,53,54,55,56)/p+1. The Hall–Kier alpha value is -3.85.